The summed E-state index contributed by atoms with van der Waals surface area (Å²) in [4.78, 5) is 10.6. The third-order valence-corrected chi connectivity index (χ3v) is 6.14. The SMILES string of the molecule is CCC[NH+]1CCc2c(sc3c2c(N(CCO)CCO)nc2nnnn23)C1. The molecule has 0 aromatic carbocycles. The molecule has 9 nitrogen and oxygen atoms in total. The van der Waals surface area contributed by atoms with E-state index in [1.165, 1.54) is 23.4 Å². The molecule has 10 heteroatoms. The second-order valence-corrected chi connectivity index (χ2v) is 7.70. The Morgan fingerprint density at radius 3 is 2.81 bits per heavy atom. The number of aromatic nitrogens is 5. The van der Waals surface area contributed by atoms with Gasteiger partial charge in [0, 0.05) is 19.5 Å². The van der Waals surface area contributed by atoms with Crippen molar-refractivity contribution in [3.8, 4) is 0 Å². The van der Waals surface area contributed by atoms with Crippen molar-refractivity contribution in [3.05, 3.63) is 10.4 Å². The molecule has 0 aliphatic carbocycles. The van der Waals surface area contributed by atoms with Crippen molar-refractivity contribution in [2.24, 2.45) is 0 Å². The smallest absolute Gasteiger partial charge is 0.276 e. The average molecular weight is 378 g/mol. The van der Waals surface area contributed by atoms with Crippen molar-refractivity contribution in [1.29, 1.82) is 0 Å². The van der Waals surface area contributed by atoms with E-state index in [4.69, 9.17) is 0 Å². The maximum Gasteiger partial charge on any atom is 0.276 e. The van der Waals surface area contributed by atoms with E-state index < -0.39 is 0 Å². The number of anilines is 1. The van der Waals surface area contributed by atoms with E-state index in [0.717, 1.165) is 35.5 Å². The summed E-state index contributed by atoms with van der Waals surface area (Å²) in [7, 11) is 0. The number of nitrogens with zero attached hydrogens (tertiary/aromatic N) is 6. The van der Waals surface area contributed by atoms with Crippen molar-refractivity contribution in [2.45, 2.75) is 26.3 Å². The van der Waals surface area contributed by atoms with Crippen molar-refractivity contribution < 1.29 is 15.1 Å². The van der Waals surface area contributed by atoms with Crippen LogP contribution in [-0.4, -0.2) is 74.6 Å². The van der Waals surface area contributed by atoms with E-state index in [0.29, 0.717) is 18.9 Å². The van der Waals surface area contributed by atoms with Crippen LogP contribution in [0.4, 0.5) is 5.82 Å². The van der Waals surface area contributed by atoms with Crippen LogP contribution in [0.3, 0.4) is 0 Å². The van der Waals surface area contributed by atoms with Gasteiger partial charge in [-0.25, -0.2) is 0 Å². The predicted molar refractivity (Wildman–Crippen MR) is 98.7 cm³/mol. The highest BCUT2D eigenvalue weighted by atomic mass is 32.1. The van der Waals surface area contributed by atoms with E-state index in [9.17, 15) is 10.2 Å². The quantitative estimate of drug-likeness (QED) is 0.478. The lowest BCUT2D eigenvalue weighted by Crippen LogP contribution is -3.11. The zero-order valence-electron chi connectivity index (χ0n) is 14.8. The number of tetrazole rings is 1. The third-order valence-electron chi connectivity index (χ3n) is 4.93. The van der Waals surface area contributed by atoms with Gasteiger partial charge in [-0.1, -0.05) is 12.0 Å². The number of aliphatic hydroxyl groups is 2. The summed E-state index contributed by atoms with van der Waals surface area (Å²) in [5.41, 5.74) is 1.32. The number of quaternary nitrogens is 1. The fourth-order valence-electron chi connectivity index (χ4n) is 3.80. The Kier molecular flexibility index (Phi) is 4.98. The molecule has 0 bridgehead atoms. The number of aliphatic hydroxyl groups excluding tert-OH is 2. The molecule has 0 saturated heterocycles. The Hall–Kier alpha value is -1.88. The first-order valence-corrected chi connectivity index (χ1v) is 9.91. The highest BCUT2D eigenvalue weighted by Gasteiger charge is 2.28. The Bertz CT molecular complexity index is 903. The molecule has 1 atom stereocenters. The number of hydrogen-bond donors (Lipinski definition) is 3. The zero-order chi connectivity index (χ0) is 18.1. The topological polar surface area (TPSA) is 104 Å². The van der Waals surface area contributed by atoms with Crippen LogP contribution in [-0.2, 0) is 13.0 Å². The normalized spacial score (nSPS) is 17.1. The van der Waals surface area contributed by atoms with Crippen LogP contribution in [0.15, 0.2) is 0 Å². The second-order valence-electron chi connectivity index (χ2n) is 6.62. The molecule has 26 heavy (non-hydrogen) atoms. The van der Waals surface area contributed by atoms with E-state index in [2.05, 4.69) is 27.4 Å². The van der Waals surface area contributed by atoms with Crippen molar-refractivity contribution in [2.75, 3.05) is 44.3 Å². The minimum absolute atomic E-state index is 0.0000470. The molecular formula is C16H24N7O2S+. The fourth-order valence-corrected chi connectivity index (χ4v) is 5.16. The minimum Gasteiger partial charge on any atom is -0.395 e. The molecule has 1 aliphatic heterocycles. The van der Waals surface area contributed by atoms with Gasteiger partial charge in [0.1, 0.15) is 17.2 Å². The molecule has 0 amide bonds. The molecular weight excluding hydrogens is 354 g/mol. The number of fused-ring (bicyclic) bond motifs is 5. The lowest BCUT2D eigenvalue weighted by atomic mass is 10.0. The first kappa shape index (κ1) is 17.5. The predicted octanol–water partition coefficient (Wildman–Crippen LogP) is -1.12. The van der Waals surface area contributed by atoms with E-state index in [1.807, 2.05) is 4.90 Å². The van der Waals surface area contributed by atoms with Crippen LogP contribution in [0.2, 0.25) is 0 Å². The van der Waals surface area contributed by atoms with Gasteiger partial charge in [0.2, 0.25) is 0 Å². The zero-order valence-corrected chi connectivity index (χ0v) is 15.7. The van der Waals surface area contributed by atoms with Crippen LogP contribution in [0, 0.1) is 0 Å². The Morgan fingerprint density at radius 2 is 2.08 bits per heavy atom. The molecule has 1 aliphatic rings. The van der Waals surface area contributed by atoms with Gasteiger partial charge in [0.25, 0.3) is 5.78 Å². The number of nitrogens with one attached hydrogen (secondary N) is 1. The molecule has 0 radical (unpaired) electrons. The van der Waals surface area contributed by atoms with Crippen LogP contribution in [0.5, 0.6) is 0 Å². The molecule has 3 aromatic rings. The van der Waals surface area contributed by atoms with Crippen LogP contribution in [0.25, 0.3) is 16.0 Å². The second kappa shape index (κ2) is 7.39. The Balaban J connectivity index is 1.90. The number of thiophene rings is 1. The maximum absolute atomic E-state index is 9.46. The van der Waals surface area contributed by atoms with Gasteiger partial charge in [0.15, 0.2) is 0 Å². The molecule has 0 saturated carbocycles. The summed E-state index contributed by atoms with van der Waals surface area (Å²) in [6.07, 6.45) is 2.18. The van der Waals surface area contributed by atoms with Crippen LogP contribution < -0.4 is 9.80 Å². The van der Waals surface area contributed by atoms with Gasteiger partial charge >= 0.3 is 0 Å². The largest absolute Gasteiger partial charge is 0.395 e. The molecule has 0 fully saturated rings. The third kappa shape index (κ3) is 2.92. The molecule has 4 heterocycles. The maximum atomic E-state index is 9.46. The molecule has 4 rings (SSSR count). The van der Waals surface area contributed by atoms with E-state index in [1.54, 1.807) is 20.8 Å². The summed E-state index contributed by atoms with van der Waals surface area (Å²) in [6.45, 7) is 6.36. The summed E-state index contributed by atoms with van der Waals surface area (Å²) in [5.74, 6) is 1.21. The first-order chi connectivity index (χ1) is 12.8. The Morgan fingerprint density at radius 1 is 1.27 bits per heavy atom. The molecule has 0 spiro atoms. The lowest BCUT2D eigenvalue weighted by molar-refractivity contribution is -0.915. The number of rotatable bonds is 7. The van der Waals surface area contributed by atoms with E-state index >= 15 is 0 Å². The molecule has 1 unspecified atom stereocenters. The lowest BCUT2D eigenvalue weighted by Gasteiger charge is -2.25. The first-order valence-electron chi connectivity index (χ1n) is 9.09. The monoisotopic (exact) mass is 378 g/mol. The van der Waals surface area contributed by atoms with E-state index in [-0.39, 0.29) is 13.2 Å². The number of hydrogen-bond acceptors (Lipinski definition) is 8. The van der Waals surface area contributed by atoms with Crippen molar-refractivity contribution >= 4 is 33.1 Å². The van der Waals surface area contributed by atoms with Crippen molar-refractivity contribution in [1.82, 2.24) is 25.0 Å². The van der Waals surface area contributed by atoms with Crippen molar-refractivity contribution in [3.63, 3.8) is 0 Å². The summed E-state index contributed by atoms with van der Waals surface area (Å²) >= 11 is 1.74. The van der Waals surface area contributed by atoms with Gasteiger partial charge in [-0.2, -0.15) is 9.50 Å². The van der Waals surface area contributed by atoms with Crippen LogP contribution >= 0.6 is 11.3 Å². The van der Waals surface area contributed by atoms with Gasteiger partial charge in [-0.3, -0.25) is 0 Å². The summed E-state index contributed by atoms with van der Waals surface area (Å²) in [6, 6.07) is 0. The minimum atomic E-state index is 0.0000470. The highest BCUT2D eigenvalue weighted by Crippen LogP contribution is 2.37. The summed E-state index contributed by atoms with van der Waals surface area (Å²) < 4.78 is 1.71. The fraction of sp³-hybridized carbons (Fsp3) is 0.625. The van der Waals surface area contributed by atoms with Crippen LogP contribution in [0.1, 0.15) is 23.8 Å². The molecule has 3 aromatic heterocycles. The molecule has 3 N–H and O–H groups in total. The Labute approximate surface area is 154 Å². The van der Waals surface area contributed by atoms with Gasteiger partial charge in [-0.05, 0) is 22.4 Å². The van der Waals surface area contributed by atoms with Gasteiger partial charge in [0.05, 0.1) is 36.6 Å². The highest BCUT2D eigenvalue weighted by molar-refractivity contribution is 7.19. The van der Waals surface area contributed by atoms with Gasteiger partial charge < -0.3 is 20.0 Å². The molecule has 140 valence electrons. The summed E-state index contributed by atoms with van der Waals surface area (Å²) in [5, 5.41) is 31.9. The average Bonchev–Trinajstić information content (AvgIpc) is 3.24. The van der Waals surface area contributed by atoms with Gasteiger partial charge in [-0.15, -0.1) is 11.3 Å². The standard InChI is InChI=1S/C16H23N7O2S/c1-2-4-21-5-3-11-12(10-21)26-15-13(11)14(22(6-8-24)7-9-25)17-16-18-19-20-23(15)16/h24-25H,2-10H2,1H3/p+1.